The van der Waals surface area contributed by atoms with Crippen molar-refractivity contribution >= 4 is 28.4 Å². The molecule has 0 spiro atoms. The number of thiazole rings is 1. The quantitative estimate of drug-likeness (QED) is 0.805. The van der Waals surface area contributed by atoms with Gasteiger partial charge in [0.05, 0.1) is 5.69 Å². The first-order valence-corrected chi connectivity index (χ1v) is 7.06. The van der Waals surface area contributed by atoms with Crippen molar-refractivity contribution in [3.63, 3.8) is 0 Å². The number of hydrogen-bond donors (Lipinski definition) is 3. The number of urea groups is 1. The van der Waals surface area contributed by atoms with E-state index >= 15 is 0 Å². The maximum absolute atomic E-state index is 12.9. The smallest absolute Gasteiger partial charge is 0.315 e. The lowest BCUT2D eigenvalue weighted by Gasteiger charge is -2.06. The van der Waals surface area contributed by atoms with Gasteiger partial charge in [-0.2, -0.15) is 0 Å². The minimum atomic E-state index is -0.601. The van der Waals surface area contributed by atoms with Crippen molar-refractivity contribution in [1.82, 2.24) is 15.6 Å². The number of nitrogens with zero attached hydrogens (tertiary/aromatic N) is 1. The minimum absolute atomic E-state index is 0.251. The Hall–Kier alpha value is -2.48. The molecular weight excluding hydrogens is 295 g/mol. The van der Waals surface area contributed by atoms with Crippen molar-refractivity contribution in [2.24, 2.45) is 0 Å². The lowest BCUT2D eigenvalue weighted by atomic mass is 10.2. The molecule has 108 valence electrons. The zero-order chi connectivity index (χ0) is 14.8. The highest BCUT2D eigenvalue weighted by Crippen LogP contribution is 2.25. The van der Waals surface area contributed by atoms with Crippen LogP contribution in [-0.2, 0) is 4.79 Å². The zero-order valence-electron chi connectivity index (χ0n) is 10.7. The van der Waals surface area contributed by atoms with Crippen LogP contribution < -0.4 is 16.0 Å². The number of amides is 3. The maximum Gasteiger partial charge on any atom is 0.315 e. The largest absolute Gasteiger partial charge is 0.336 e. The Morgan fingerprint density at radius 1 is 1.38 bits per heavy atom. The lowest BCUT2D eigenvalue weighted by molar-refractivity contribution is -0.117. The first kappa shape index (κ1) is 13.5. The summed E-state index contributed by atoms with van der Waals surface area (Å²) in [6.07, 6.45) is 0. The number of carbonyl (C=O) groups excluding carboxylic acids is 2. The first-order chi connectivity index (χ1) is 10.1. The van der Waals surface area contributed by atoms with E-state index in [1.54, 1.807) is 17.5 Å². The van der Waals surface area contributed by atoms with Crippen LogP contribution in [0.3, 0.4) is 0 Å². The molecule has 6 nitrogen and oxygen atoms in total. The Kier molecular flexibility index (Phi) is 3.53. The summed E-state index contributed by atoms with van der Waals surface area (Å²) in [5, 5.41) is 9.85. The molecule has 1 fully saturated rings. The highest BCUT2D eigenvalue weighted by atomic mass is 32.1. The predicted octanol–water partition coefficient (Wildman–Crippen LogP) is 1.57. The van der Waals surface area contributed by atoms with Gasteiger partial charge in [0, 0.05) is 17.5 Å². The number of hydrogen-bond acceptors (Lipinski definition) is 4. The van der Waals surface area contributed by atoms with E-state index < -0.39 is 6.04 Å². The Morgan fingerprint density at radius 3 is 2.81 bits per heavy atom. The minimum Gasteiger partial charge on any atom is -0.336 e. The van der Waals surface area contributed by atoms with Crippen LogP contribution in [0.5, 0.6) is 0 Å². The second-order valence-electron chi connectivity index (χ2n) is 4.44. The van der Waals surface area contributed by atoms with Crippen molar-refractivity contribution in [2.75, 3.05) is 11.9 Å². The summed E-state index contributed by atoms with van der Waals surface area (Å²) in [6, 6.07) is 4.99. The molecule has 8 heteroatoms. The van der Waals surface area contributed by atoms with Crippen LogP contribution in [0.4, 0.5) is 14.3 Å². The summed E-state index contributed by atoms with van der Waals surface area (Å²) >= 11 is 1.27. The molecule has 3 N–H and O–H groups in total. The average molecular weight is 306 g/mol. The fourth-order valence-corrected chi connectivity index (χ4v) is 2.61. The van der Waals surface area contributed by atoms with Gasteiger partial charge in [-0.25, -0.2) is 14.2 Å². The molecule has 2 aromatic rings. The maximum atomic E-state index is 12.9. The number of halogens is 1. The van der Waals surface area contributed by atoms with Crippen LogP contribution >= 0.6 is 11.3 Å². The number of anilines is 1. The van der Waals surface area contributed by atoms with Crippen molar-refractivity contribution in [3.8, 4) is 11.3 Å². The summed E-state index contributed by atoms with van der Waals surface area (Å²) in [6.45, 7) is 0.251. The number of nitrogens with one attached hydrogen (secondary N) is 3. The highest BCUT2D eigenvalue weighted by Gasteiger charge is 2.27. The van der Waals surface area contributed by atoms with E-state index in [9.17, 15) is 14.0 Å². The third-order valence-corrected chi connectivity index (χ3v) is 3.72. The zero-order valence-corrected chi connectivity index (χ0v) is 11.5. The highest BCUT2D eigenvalue weighted by molar-refractivity contribution is 7.14. The third kappa shape index (κ3) is 3.00. The Balaban J connectivity index is 1.69. The number of benzene rings is 1. The van der Waals surface area contributed by atoms with Gasteiger partial charge in [-0.1, -0.05) is 0 Å². The molecule has 0 radical (unpaired) electrons. The van der Waals surface area contributed by atoms with Gasteiger partial charge in [0.1, 0.15) is 11.9 Å². The molecule has 1 unspecified atom stereocenters. The molecule has 3 rings (SSSR count). The van der Waals surface area contributed by atoms with E-state index in [-0.39, 0.29) is 24.3 Å². The molecule has 3 amide bonds. The van der Waals surface area contributed by atoms with Crippen LogP contribution in [0, 0.1) is 5.82 Å². The van der Waals surface area contributed by atoms with E-state index in [4.69, 9.17) is 0 Å². The number of carbonyl (C=O) groups is 2. The van der Waals surface area contributed by atoms with E-state index in [0.717, 1.165) is 5.56 Å². The number of rotatable bonds is 3. The molecule has 21 heavy (non-hydrogen) atoms. The summed E-state index contributed by atoms with van der Waals surface area (Å²) in [5.41, 5.74) is 1.42. The fourth-order valence-electron chi connectivity index (χ4n) is 1.89. The van der Waals surface area contributed by atoms with Crippen molar-refractivity contribution in [3.05, 3.63) is 35.5 Å². The molecule has 2 heterocycles. The van der Waals surface area contributed by atoms with Crippen LogP contribution in [0.15, 0.2) is 29.6 Å². The van der Waals surface area contributed by atoms with Crippen molar-refractivity contribution < 1.29 is 14.0 Å². The number of aromatic nitrogens is 1. The molecule has 1 aliphatic heterocycles. The van der Waals surface area contributed by atoms with Crippen LogP contribution in [0.1, 0.15) is 0 Å². The molecule has 1 aromatic carbocycles. The van der Waals surface area contributed by atoms with E-state index in [1.165, 1.54) is 23.5 Å². The monoisotopic (exact) mass is 306 g/mol. The van der Waals surface area contributed by atoms with Gasteiger partial charge in [0.25, 0.3) is 5.91 Å². The Bertz CT molecular complexity index is 686. The predicted molar refractivity (Wildman–Crippen MR) is 76.5 cm³/mol. The average Bonchev–Trinajstić information content (AvgIpc) is 3.09. The summed E-state index contributed by atoms with van der Waals surface area (Å²) in [5.74, 6) is -0.639. The van der Waals surface area contributed by atoms with Crippen LogP contribution in [-0.4, -0.2) is 29.5 Å². The van der Waals surface area contributed by atoms with Gasteiger partial charge >= 0.3 is 6.03 Å². The SMILES string of the molecule is O=C1NCC(C(=O)Nc2nc(-c3ccc(F)cc3)cs2)N1. The standard InChI is InChI=1S/C13H11FN4O2S/c14-8-3-1-7(2-4-8)10-6-21-13(17-10)18-11(19)9-5-15-12(20)16-9/h1-4,6,9H,5H2,(H2,15,16,20)(H,17,18,19). The van der Waals surface area contributed by atoms with Gasteiger partial charge in [0.2, 0.25) is 0 Å². The molecule has 0 bridgehead atoms. The molecular formula is C13H11FN4O2S. The van der Waals surface area contributed by atoms with E-state index in [0.29, 0.717) is 10.8 Å². The molecule has 1 saturated heterocycles. The molecule has 0 aliphatic carbocycles. The topological polar surface area (TPSA) is 83.1 Å². The Labute approximate surface area is 123 Å². The fraction of sp³-hybridized carbons (Fsp3) is 0.154. The van der Waals surface area contributed by atoms with E-state index in [1.807, 2.05) is 0 Å². The lowest BCUT2D eigenvalue weighted by Crippen LogP contribution is -2.38. The van der Waals surface area contributed by atoms with Gasteiger partial charge < -0.3 is 16.0 Å². The summed E-state index contributed by atoms with van der Waals surface area (Å²) in [7, 11) is 0. The van der Waals surface area contributed by atoms with Gasteiger partial charge in [-0.05, 0) is 24.3 Å². The van der Waals surface area contributed by atoms with Gasteiger partial charge in [0.15, 0.2) is 5.13 Å². The second-order valence-corrected chi connectivity index (χ2v) is 5.30. The second kappa shape index (κ2) is 5.49. The van der Waals surface area contributed by atoms with E-state index in [2.05, 4.69) is 20.9 Å². The molecule has 1 aromatic heterocycles. The van der Waals surface area contributed by atoms with Gasteiger partial charge in [-0.15, -0.1) is 11.3 Å². The van der Waals surface area contributed by atoms with Crippen molar-refractivity contribution in [1.29, 1.82) is 0 Å². The Morgan fingerprint density at radius 2 is 2.14 bits per heavy atom. The molecule has 1 aliphatic rings. The normalized spacial score (nSPS) is 17.2. The summed E-state index contributed by atoms with van der Waals surface area (Å²) in [4.78, 5) is 27.2. The first-order valence-electron chi connectivity index (χ1n) is 6.18. The van der Waals surface area contributed by atoms with Gasteiger partial charge in [-0.3, -0.25) is 4.79 Å². The van der Waals surface area contributed by atoms with Crippen molar-refractivity contribution in [2.45, 2.75) is 6.04 Å². The van der Waals surface area contributed by atoms with Crippen LogP contribution in [0.25, 0.3) is 11.3 Å². The summed E-state index contributed by atoms with van der Waals surface area (Å²) < 4.78 is 12.9. The third-order valence-electron chi connectivity index (χ3n) is 2.96. The molecule has 1 atom stereocenters. The molecule has 0 saturated carbocycles. The van der Waals surface area contributed by atoms with Crippen LogP contribution in [0.2, 0.25) is 0 Å².